The summed E-state index contributed by atoms with van der Waals surface area (Å²) in [5.41, 5.74) is 1.02. The standard InChI is InChI=1S/C23H31N3O4S/c1-18-6-8-20(9-7-18)31(28,29)26-14-10-19(11-15-26)23(27)24-17-21(22-5-4-16-30-22)25-12-2-3-13-25/h4-9,16,19,21H,2-3,10-15,17H2,1H3,(H,24,27). The molecule has 2 aromatic rings. The molecule has 7 nitrogen and oxygen atoms in total. The van der Waals surface area contributed by atoms with E-state index in [1.54, 1.807) is 18.4 Å². The van der Waals surface area contributed by atoms with Gasteiger partial charge in [0.2, 0.25) is 15.9 Å². The van der Waals surface area contributed by atoms with E-state index < -0.39 is 10.0 Å². The van der Waals surface area contributed by atoms with Crippen LogP contribution in [0.1, 0.15) is 43.0 Å². The Morgan fingerprint density at radius 1 is 1.10 bits per heavy atom. The van der Waals surface area contributed by atoms with Crippen molar-refractivity contribution < 1.29 is 17.6 Å². The van der Waals surface area contributed by atoms with Crippen molar-refractivity contribution in [2.75, 3.05) is 32.7 Å². The average Bonchev–Trinajstić information content (AvgIpc) is 3.49. The van der Waals surface area contributed by atoms with Gasteiger partial charge in [-0.05, 0) is 70.0 Å². The first kappa shape index (κ1) is 22.0. The normalized spacial score (nSPS) is 20.0. The van der Waals surface area contributed by atoms with E-state index in [2.05, 4.69) is 10.2 Å². The number of furan rings is 1. The number of sulfonamides is 1. The molecule has 2 saturated heterocycles. The fourth-order valence-electron chi connectivity index (χ4n) is 4.50. The van der Waals surface area contributed by atoms with Gasteiger partial charge in [-0.2, -0.15) is 4.31 Å². The number of nitrogens with one attached hydrogen (secondary N) is 1. The molecule has 3 heterocycles. The van der Waals surface area contributed by atoms with Crippen LogP contribution in [0.5, 0.6) is 0 Å². The fourth-order valence-corrected chi connectivity index (χ4v) is 5.97. The number of carbonyl (C=O) groups excluding carboxylic acids is 1. The summed E-state index contributed by atoms with van der Waals surface area (Å²) < 4.78 is 32.9. The Labute approximate surface area is 184 Å². The highest BCUT2D eigenvalue weighted by Gasteiger charge is 2.33. The van der Waals surface area contributed by atoms with Crippen LogP contribution in [0.15, 0.2) is 52.0 Å². The molecule has 1 N–H and O–H groups in total. The van der Waals surface area contributed by atoms with Gasteiger partial charge in [0.1, 0.15) is 5.76 Å². The van der Waals surface area contributed by atoms with Crippen LogP contribution in [0.2, 0.25) is 0 Å². The summed E-state index contributed by atoms with van der Waals surface area (Å²) in [7, 11) is -3.51. The quantitative estimate of drug-likeness (QED) is 0.709. The van der Waals surface area contributed by atoms with E-state index in [0.29, 0.717) is 37.4 Å². The van der Waals surface area contributed by atoms with Crippen molar-refractivity contribution in [1.82, 2.24) is 14.5 Å². The van der Waals surface area contributed by atoms with Crippen molar-refractivity contribution in [3.63, 3.8) is 0 Å². The molecule has 8 heteroatoms. The molecule has 4 rings (SSSR count). The number of piperidine rings is 1. The molecule has 1 aromatic carbocycles. The first-order valence-corrected chi connectivity index (χ1v) is 12.5. The van der Waals surface area contributed by atoms with Crippen molar-refractivity contribution in [1.29, 1.82) is 0 Å². The predicted molar refractivity (Wildman–Crippen MR) is 118 cm³/mol. The van der Waals surface area contributed by atoms with E-state index in [-0.39, 0.29) is 17.9 Å². The molecule has 0 spiro atoms. The lowest BCUT2D eigenvalue weighted by Gasteiger charge is -2.31. The van der Waals surface area contributed by atoms with Gasteiger partial charge in [0.05, 0.1) is 17.2 Å². The second kappa shape index (κ2) is 9.54. The molecular formula is C23H31N3O4S. The Kier molecular flexibility index (Phi) is 6.79. The number of rotatable bonds is 7. The third-order valence-electron chi connectivity index (χ3n) is 6.41. The minimum absolute atomic E-state index is 0.00290. The smallest absolute Gasteiger partial charge is 0.243 e. The molecule has 2 aliphatic heterocycles. The maximum atomic E-state index is 12.9. The molecule has 0 aliphatic carbocycles. The predicted octanol–water partition coefficient (Wildman–Crippen LogP) is 2.94. The van der Waals surface area contributed by atoms with Gasteiger partial charge in [-0.25, -0.2) is 8.42 Å². The van der Waals surface area contributed by atoms with E-state index in [1.807, 2.05) is 31.2 Å². The molecule has 31 heavy (non-hydrogen) atoms. The molecular weight excluding hydrogens is 414 g/mol. The Morgan fingerprint density at radius 2 is 1.77 bits per heavy atom. The zero-order valence-electron chi connectivity index (χ0n) is 18.0. The summed E-state index contributed by atoms with van der Waals surface area (Å²) in [6.07, 6.45) is 5.07. The van der Waals surface area contributed by atoms with Crippen LogP contribution in [-0.2, 0) is 14.8 Å². The first-order valence-electron chi connectivity index (χ1n) is 11.1. The van der Waals surface area contributed by atoms with Crippen LogP contribution < -0.4 is 5.32 Å². The van der Waals surface area contributed by atoms with Crippen molar-refractivity contribution in [2.24, 2.45) is 5.92 Å². The van der Waals surface area contributed by atoms with Crippen LogP contribution in [-0.4, -0.2) is 56.3 Å². The third-order valence-corrected chi connectivity index (χ3v) is 8.32. The topological polar surface area (TPSA) is 82.9 Å². The van der Waals surface area contributed by atoms with E-state index in [0.717, 1.165) is 24.4 Å². The average molecular weight is 446 g/mol. The summed E-state index contributed by atoms with van der Waals surface area (Å²) in [6.45, 7) is 5.19. The fraction of sp³-hybridized carbons (Fsp3) is 0.522. The summed E-state index contributed by atoms with van der Waals surface area (Å²) in [5.74, 6) is 0.713. The van der Waals surface area contributed by atoms with Gasteiger partial charge in [0, 0.05) is 25.6 Å². The maximum absolute atomic E-state index is 12.9. The monoisotopic (exact) mass is 445 g/mol. The lowest BCUT2D eigenvalue weighted by molar-refractivity contribution is -0.126. The van der Waals surface area contributed by atoms with Crippen molar-refractivity contribution in [3.05, 3.63) is 54.0 Å². The molecule has 2 fully saturated rings. The first-order chi connectivity index (χ1) is 14.9. The van der Waals surface area contributed by atoms with E-state index >= 15 is 0 Å². The number of likely N-dealkylation sites (tertiary alicyclic amines) is 1. The van der Waals surface area contributed by atoms with Crippen molar-refractivity contribution in [3.8, 4) is 0 Å². The lowest BCUT2D eigenvalue weighted by Crippen LogP contribution is -2.44. The minimum atomic E-state index is -3.51. The Hall–Kier alpha value is -2.16. The maximum Gasteiger partial charge on any atom is 0.243 e. The Bertz CT molecular complexity index is 959. The summed E-state index contributed by atoms with van der Waals surface area (Å²) in [5, 5.41) is 3.10. The lowest BCUT2D eigenvalue weighted by atomic mass is 9.97. The molecule has 1 atom stereocenters. The molecule has 168 valence electrons. The molecule has 1 aromatic heterocycles. The van der Waals surface area contributed by atoms with E-state index in [4.69, 9.17) is 4.42 Å². The van der Waals surface area contributed by atoms with Gasteiger partial charge >= 0.3 is 0 Å². The number of amides is 1. The number of hydrogen-bond acceptors (Lipinski definition) is 5. The van der Waals surface area contributed by atoms with Gasteiger partial charge in [0.25, 0.3) is 0 Å². The number of carbonyl (C=O) groups is 1. The van der Waals surface area contributed by atoms with Crippen LogP contribution in [0, 0.1) is 12.8 Å². The summed E-state index contributed by atoms with van der Waals surface area (Å²) in [4.78, 5) is 15.5. The third kappa shape index (κ3) is 5.02. The van der Waals surface area contributed by atoms with Gasteiger partial charge < -0.3 is 9.73 Å². The van der Waals surface area contributed by atoms with E-state index in [9.17, 15) is 13.2 Å². The minimum Gasteiger partial charge on any atom is -0.468 e. The zero-order chi connectivity index (χ0) is 21.8. The van der Waals surface area contributed by atoms with Crippen molar-refractivity contribution >= 4 is 15.9 Å². The van der Waals surface area contributed by atoms with Gasteiger partial charge in [-0.3, -0.25) is 9.69 Å². The molecule has 1 unspecified atom stereocenters. The SMILES string of the molecule is Cc1ccc(S(=O)(=O)N2CCC(C(=O)NCC(c3ccco3)N3CCCC3)CC2)cc1. The molecule has 1 amide bonds. The molecule has 0 saturated carbocycles. The molecule has 2 aliphatic rings. The van der Waals surface area contributed by atoms with E-state index in [1.165, 1.54) is 17.1 Å². The molecule has 0 radical (unpaired) electrons. The highest BCUT2D eigenvalue weighted by atomic mass is 32.2. The highest BCUT2D eigenvalue weighted by molar-refractivity contribution is 7.89. The van der Waals surface area contributed by atoms with Crippen molar-refractivity contribution in [2.45, 2.75) is 43.5 Å². The zero-order valence-corrected chi connectivity index (χ0v) is 18.8. The Morgan fingerprint density at radius 3 is 2.39 bits per heavy atom. The molecule has 0 bridgehead atoms. The number of hydrogen-bond donors (Lipinski definition) is 1. The number of aryl methyl sites for hydroxylation is 1. The van der Waals surface area contributed by atoms with Crippen LogP contribution in [0.3, 0.4) is 0 Å². The largest absolute Gasteiger partial charge is 0.468 e. The highest BCUT2D eigenvalue weighted by Crippen LogP contribution is 2.27. The summed E-state index contributed by atoms with van der Waals surface area (Å²) in [6, 6.07) is 10.8. The van der Waals surface area contributed by atoms with Crippen LogP contribution in [0.25, 0.3) is 0 Å². The van der Waals surface area contributed by atoms with Crippen LogP contribution in [0.4, 0.5) is 0 Å². The number of benzene rings is 1. The van der Waals surface area contributed by atoms with Gasteiger partial charge in [-0.15, -0.1) is 0 Å². The van der Waals surface area contributed by atoms with Crippen LogP contribution >= 0.6 is 0 Å². The second-order valence-corrected chi connectivity index (χ2v) is 10.4. The number of nitrogens with zero attached hydrogens (tertiary/aromatic N) is 2. The Balaban J connectivity index is 1.32. The van der Waals surface area contributed by atoms with Gasteiger partial charge in [0.15, 0.2) is 0 Å². The summed E-state index contributed by atoms with van der Waals surface area (Å²) >= 11 is 0. The van der Waals surface area contributed by atoms with Gasteiger partial charge in [-0.1, -0.05) is 17.7 Å². The second-order valence-electron chi connectivity index (χ2n) is 8.51.